The number of benzene rings is 2. The first-order valence-electron chi connectivity index (χ1n) is 10.3. The second-order valence-corrected chi connectivity index (χ2v) is 7.64. The minimum absolute atomic E-state index is 0.0511. The highest BCUT2D eigenvalue weighted by atomic mass is 16.2. The number of rotatable bonds is 5. The Hall–Kier alpha value is -2.70. The van der Waals surface area contributed by atoms with Gasteiger partial charge in [-0.25, -0.2) is 0 Å². The molecule has 2 fully saturated rings. The SMILES string of the molecule is O=C1NCCN[C@@H]1CC(=O)N1CCN(C(c2ccccc2)c2ccccc2)CC1. The number of amides is 2. The molecule has 0 aliphatic carbocycles. The summed E-state index contributed by atoms with van der Waals surface area (Å²) < 4.78 is 0. The summed E-state index contributed by atoms with van der Waals surface area (Å²) in [5.74, 6) is -0.0216. The molecule has 29 heavy (non-hydrogen) atoms. The van der Waals surface area contributed by atoms with E-state index in [1.54, 1.807) is 0 Å². The average molecular weight is 393 g/mol. The van der Waals surface area contributed by atoms with Crippen LogP contribution < -0.4 is 10.6 Å². The molecule has 2 amide bonds. The molecule has 0 spiro atoms. The maximum absolute atomic E-state index is 12.7. The lowest BCUT2D eigenvalue weighted by Crippen LogP contribution is -2.56. The number of hydrogen-bond acceptors (Lipinski definition) is 4. The molecule has 2 aliphatic heterocycles. The third-order valence-electron chi connectivity index (χ3n) is 5.77. The summed E-state index contributed by atoms with van der Waals surface area (Å²) in [5, 5.41) is 5.96. The fraction of sp³-hybridized carbons (Fsp3) is 0.391. The van der Waals surface area contributed by atoms with Crippen LogP contribution in [0, 0.1) is 0 Å². The number of hydrogen-bond donors (Lipinski definition) is 2. The van der Waals surface area contributed by atoms with E-state index in [9.17, 15) is 9.59 Å². The zero-order chi connectivity index (χ0) is 20.1. The van der Waals surface area contributed by atoms with Crippen LogP contribution in [0.1, 0.15) is 23.6 Å². The zero-order valence-corrected chi connectivity index (χ0v) is 16.6. The smallest absolute Gasteiger partial charge is 0.237 e. The Labute approximate surface area is 171 Å². The maximum atomic E-state index is 12.7. The molecule has 0 bridgehead atoms. The van der Waals surface area contributed by atoms with Gasteiger partial charge in [-0.3, -0.25) is 14.5 Å². The van der Waals surface area contributed by atoms with E-state index in [2.05, 4.69) is 64.1 Å². The summed E-state index contributed by atoms with van der Waals surface area (Å²) >= 11 is 0. The maximum Gasteiger partial charge on any atom is 0.237 e. The van der Waals surface area contributed by atoms with Gasteiger partial charge in [0.15, 0.2) is 0 Å². The Kier molecular flexibility index (Phi) is 6.22. The van der Waals surface area contributed by atoms with E-state index >= 15 is 0 Å². The largest absolute Gasteiger partial charge is 0.353 e. The Morgan fingerprint density at radius 2 is 1.48 bits per heavy atom. The summed E-state index contributed by atoms with van der Waals surface area (Å²) in [5.41, 5.74) is 2.53. The normalized spacial score (nSPS) is 20.5. The van der Waals surface area contributed by atoms with E-state index in [1.807, 2.05) is 17.0 Å². The van der Waals surface area contributed by atoms with Gasteiger partial charge in [-0.15, -0.1) is 0 Å². The zero-order valence-electron chi connectivity index (χ0n) is 16.6. The monoisotopic (exact) mass is 392 g/mol. The Morgan fingerprint density at radius 1 is 0.897 bits per heavy atom. The lowest BCUT2D eigenvalue weighted by molar-refractivity contribution is -0.137. The molecule has 4 rings (SSSR count). The van der Waals surface area contributed by atoms with Gasteiger partial charge < -0.3 is 15.5 Å². The van der Waals surface area contributed by atoms with Crippen LogP contribution in [0.4, 0.5) is 0 Å². The summed E-state index contributed by atoms with van der Waals surface area (Å²) in [4.78, 5) is 29.0. The van der Waals surface area contributed by atoms with Crippen molar-refractivity contribution in [2.24, 2.45) is 0 Å². The van der Waals surface area contributed by atoms with Crippen molar-refractivity contribution in [2.45, 2.75) is 18.5 Å². The van der Waals surface area contributed by atoms with Crippen molar-refractivity contribution in [3.63, 3.8) is 0 Å². The third-order valence-corrected chi connectivity index (χ3v) is 5.77. The molecule has 2 heterocycles. The quantitative estimate of drug-likeness (QED) is 0.807. The van der Waals surface area contributed by atoms with Gasteiger partial charge in [0, 0.05) is 39.3 Å². The topological polar surface area (TPSA) is 64.7 Å². The lowest BCUT2D eigenvalue weighted by atomic mass is 9.96. The first-order valence-corrected chi connectivity index (χ1v) is 10.3. The summed E-state index contributed by atoms with van der Waals surface area (Å²) in [6, 6.07) is 20.8. The molecule has 2 saturated heterocycles. The predicted octanol–water partition coefficient (Wildman–Crippen LogP) is 1.40. The van der Waals surface area contributed by atoms with Crippen molar-refractivity contribution >= 4 is 11.8 Å². The number of carbonyl (C=O) groups is 2. The van der Waals surface area contributed by atoms with Gasteiger partial charge in [0.1, 0.15) is 0 Å². The molecule has 0 aromatic heterocycles. The van der Waals surface area contributed by atoms with Crippen molar-refractivity contribution in [1.29, 1.82) is 0 Å². The van der Waals surface area contributed by atoms with E-state index in [1.165, 1.54) is 11.1 Å². The molecular weight excluding hydrogens is 364 g/mol. The number of nitrogens with zero attached hydrogens (tertiary/aromatic N) is 2. The van der Waals surface area contributed by atoms with Crippen molar-refractivity contribution in [3.8, 4) is 0 Å². The Bertz CT molecular complexity index is 780. The van der Waals surface area contributed by atoms with Gasteiger partial charge in [0.25, 0.3) is 0 Å². The molecule has 1 atom stereocenters. The molecular formula is C23H28N4O2. The van der Waals surface area contributed by atoms with E-state index < -0.39 is 6.04 Å². The van der Waals surface area contributed by atoms with E-state index in [4.69, 9.17) is 0 Å². The van der Waals surface area contributed by atoms with Gasteiger partial charge in [0.05, 0.1) is 18.5 Å². The minimum atomic E-state index is -0.407. The molecule has 2 aromatic rings. The van der Waals surface area contributed by atoms with Crippen LogP contribution in [0.5, 0.6) is 0 Å². The summed E-state index contributed by atoms with van der Waals surface area (Å²) in [6.45, 7) is 4.33. The third kappa shape index (κ3) is 4.66. The highest BCUT2D eigenvalue weighted by molar-refractivity contribution is 5.88. The molecule has 6 heteroatoms. The van der Waals surface area contributed by atoms with Crippen molar-refractivity contribution in [2.75, 3.05) is 39.3 Å². The fourth-order valence-corrected chi connectivity index (χ4v) is 4.23. The fourth-order valence-electron chi connectivity index (χ4n) is 4.23. The van der Waals surface area contributed by atoms with Crippen molar-refractivity contribution < 1.29 is 9.59 Å². The average Bonchev–Trinajstić information content (AvgIpc) is 2.77. The van der Waals surface area contributed by atoms with E-state index in [0.717, 1.165) is 13.1 Å². The van der Waals surface area contributed by atoms with Crippen LogP contribution >= 0.6 is 0 Å². The lowest BCUT2D eigenvalue weighted by Gasteiger charge is -2.40. The van der Waals surface area contributed by atoms with Gasteiger partial charge in [-0.2, -0.15) is 0 Å². The molecule has 0 radical (unpaired) electrons. The number of nitrogens with one attached hydrogen (secondary N) is 2. The molecule has 6 nitrogen and oxygen atoms in total. The molecule has 2 N–H and O–H groups in total. The Morgan fingerprint density at radius 3 is 2.03 bits per heavy atom. The van der Waals surface area contributed by atoms with Crippen LogP contribution in [-0.4, -0.2) is 66.9 Å². The molecule has 152 valence electrons. The molecule has 0 unspecified atom stereocenters. The summed E-state index contributed by atoms with van der Waals surface area (Å²) in [7, 11) is 0. The van der Waals surface area contributed by atoms with Crippen molar-refractivity contribution in [1.82, 2.24) is 20.4 Å². The second-order valence-electron chi connectivity index (χ2n) is 7.64. The predicted molar refractivity (Wildman–Crippen MR) is 112 cm³/mol. The van der Waals surface area contributed by atoms with Crippen LogP contribution in [0.3, 0.4) is 0 Å². The van der Waals surface area contributed by atoms with E-state index in [0.29, 0.717) is 26.2 Å². The number of piperazine rings is 2. The minimum Gasteiger partial charge on any atom is -0.353 e. The molecule has 0 saturated carbocycles. The van der Waals surface area contributed by atoms with Crippen LogP contribution in [-0.2, 0) is 9.59 Å². The van der Waals surface area contributed by atoms with Gasteiger partial charge in [0.2, 0.25) is 11.8 Å². The van der Waals surface area contributed by atoms with Gasteiger partial charge in [-0.05, 0) is 11.1 Å². The van der Waals surface area contributed by atoms with Crippen LogP contribution in [0.2, 0.25) is 0 Å². The number of carbonyl (C=O) groups excluding carboxylic acids is 2. The second kappa shape index (κ2) is 9.20. The highest BCUT2D eigenvalue weighted by Gasteiger charge is 2.30. The van der Waals surface area contributed by atoms with Crippen LogP contribution in [0.15, 0.2) is 60.7 Å². The van der Waals surface area contributed by atoms with E-state index in [-0.39, 0.29) is 24.3 Å². The Balaban J connectivity index is 1.41. The van der Waals surface area contributed by atoms with Gasteiger partial charge in [-0.1, -0.05) is 60.7 Å². The van der Waals surface area contributed by atoms with Crippen LogP contribution in [0.25, 0.3) is 0 Å². The van der Waals surface area contributed by atoms with Crippen molar-refractivity contribution in [3.05, 3.63) is 71.8 Å². The first-order chi connectivity index (χ1) is 14.2. The standard InChI is InChI=1S/C23H28N4O2/c28-21(17-20-23(29)25-12-11-24-20)26-13-15-27(16-14-26)22(18-7-3-1-4-8-18)19-9-5-2-6-10-19/h1-10,20,22,24H,11-17H2,(H,25,29)/t20-/m1/s1. The highest BCUT2D eigenvalue weighted by Crippen LogP contribution is 2.29. The molecule has 2 aromatic carbocycles. The summed E-state index contributed by atoms with van der Waals surface area (Å²) in [6.07, 6.45) is 0.229. The molecule has 2 aliphatic rings. The van der Waals surface area contributed by atoms with Gasteiger partial charge >= 0.3 is 0 Å². The first kappa shape index (κ1) is 19.6.